The number of nitrogens with one attached hydrogen (secondary N) is 2. The van der Waals surface area contributed by atoms with Crippen LogP contribution in [0.15, 0.2) is 48.8 Å². The standard InChI is InChI=1S/C18H21ClN4O2/c1-20-10-8-18(25)23(12-14-3-2-9-21-11-14)13-17(24)22-16-6-4-15(19)5-7-16/h2-7,9,11,20H,8,10,12-13H2,1H3,(H,22,24). The van der Waals surface area contributed by atoms with Crippen LogP contribution in [-0.4, -0.2) is 41.8 Å². The normalized spacial score (nSPS) is 10.3. The lowest BCUT2D eigenvalue weighted by Crippen LogP contribution is -2.38. The van der Waals surface area contributed by atoms with Gasteiger partial charge in [0.1, 0.15) is 6.54 Å². The lowest BCUT2D eigenvalue weighted by Gasteiger charge is -2.22. The number of benzene rings is 1. The van der Waals surface area contributed by atoms with Gasteiger partial charge in [-0.2, -0.15) is 0 Å². The van der Waals surface area contributed by atoms with Crippen LogP contribution in [0, 0.1) is 0 Å². The fourth-order valence-electron chi connectivity index (χ4n) is 2.24. The molecule has 6 nitrogen and oxygen atoms in total. The van der Waals surface area contributed by atoms with Crippen LogP contribution in [0.1, 0.15) is 12.0 Å². The van der Waals surface area contributed by atoms with E-state index in [0.717, 1.165) is 5.56 Å². The van der Waals surface area contributed by atoms with Crippen LogP contribution < -0.4 is 10.6 Å². The largest absolute Gasteiger partial charge is 0.329 e. The number of hydrogen-bond donors (Lipinski definition) is 2. The van der Waals surface area contributed by atoms with E-state index >= 15 is 0 Å². The molecule has 1 heterocycles. The highest BCUT2D eigenvalue weighted by Gasteiger charge is 2.17. The molecular weight excluding hydrogens is 340 g/mol. The van der Waals surface area contributed by atoms with Gasteiger partial charge in [-0.3, -0.25) is 14.6 Å². The molecule has 1 aromatic heterocycles. The third kappa shape index (κ3) is 6.52. The first-order valence-corrected chi connectivity index (χ1v) is 8.33. The molecule has 0 spiro atoms. The number of hydrogen-bond acceptors (Lipinski definition) is 4. The van der Waals surface area contributed by atoms with E-state index in [1.807, 2.05) is 6.07 Å². The van der Waals surface area contributed by atoms with Crippen molar-refractivity contribution >= 4 is 29.1 Å². The van der Waals surface area contributed by atoms with Crippen molar-refractivity contribution in [2.75, 3.05) is 25.5 Å². The van der Waals surface area contributed by atoms with Gasteiger partial charge in [-0.05, 0) is 42.9 Å². The van der Waals surface area contributed by atoms with E-state index in [1.165, 1.54) is 4.90 Å². The maximum atomic E-state index is 12.4. The van der Waals surface area contributed by atoms with Crippen molar-refractivity contribution in [1.29, 1.82) is 0 Å². The van der Waals surface area contributed by atoms with Crippen LogP contribution in [0.2, 0.25) is 5.02 Å². The summed E-state index contributed by atoms with van der Waals surface area (Å²) in [5, 5.41) is 6.31. The van der Waals surface area contributed by atoms with Crippen molar-refractivity contribution in [3.8, 4) is 0 Å². The smallest absolute Gasteiger partial charge is 0.244 e. The molecule has 0 aliphatic heterocycles. The number of aromatic nitrogens is 1. The van der Waals surface area contributed by atoms with Crippen LogP contribution in [0.3, 0.4) is 0 Å². The summed E-state index contributed by atoms with van der Waals surface area (Å²) in [6.45, 7) is 0.867. The molecule has 0 fully saturated rings. The Morgan fingerprint density at radius 3 is 2.60 bits per heavy atom. The second-order valence-corrected chi connectivity index (χ2v) is 5.96. The van der Waals surface area contributed by atoms with E-state index in [-0.39, 0.29) is 18.4 Å². The Kier molecular flexibility index (Phi) is 7.37. The molecule has 0 radical (unpaired) electrons. The van der Waals surface area contributed by atoms with Crippen molar-refractivity contribution in [2.45, 2.75) is 13.0 Å². The van der Waals surface area contributed by atoms with Crippen molar-refractivity contribution in [1.82, 2.24) is 15.2 Å². The van der Waals surface area contributed by atoms with Crippen molar-refractivity contribution in [3.05, 3.63) is 59.4 Å². The Bertz CT molecular complexity index is 692. The highest BCUT2D eigenvalue weighted by atomic mass is 35.5. The predicted octanol–water partition coefficient (Wildman–Crippen LogP) is 2.31. The first kappa shape index (κ1) is 18.9. The van der Waals surface area contributed by atoms with Crippen LogP contribution in [0.4, 0.5) is 5.69 Å². The molecule has 2 aromatic rings. The Morgan fingerprint density at radius 1 is 1.20 bits per heavy atom. The molecule has 7 heteroatoms. The Balaban J connectivity index is 2.02. The maximum Gasteiger partial charge on any atom is 0.244 e. The molecule has 2 amide bonds. The average Bonchev–Trinajstić information content (AvgIpc) is 2.62. The molecule has 0 aliphatic carbocycles. The summed E-state index contributed by atoms with van der Waals surface area (Å²) < 4.78 is 0. The summed E-state index contributed by atoms with van der Waals surface area (Å²) >= 11 is 5.84. The molecule has 0 saturated heterocycles. The van der Waals surface area contributed by atoms with Gasteiger partial charge in [0.25, 0.3) is 0 Å². The molecular formula is C18H21ClN4O2. The average molecular weight is 361 g/mol. The molecule has 2 N–H and O–H groups in total. The lowest BCUT2D eigenvalue weighted by molar-refractivity contribution is -0.135. The number of pyridine rings is 1. The summed E-state index contributed by atoms with van der Waals surface area (Å²) in [7, 11) is 1.78. The van der Waals surface area contributed by atoms with Gasteiger partial charge in [-0.15, -0.1) is 0 Å². The van der Waals surface area contributed by atoms with Gasteiger partial charge in [0.05, 0.1) is 0 Å². The van der Waals surface area contributed by atoms with Crippen molar-refractivity contribution in [3.63, 3.8) is 0 Å². The van der Waals surface area contributed by atoms with E-state index in [0.29, 0.717) is 30.2 Å². The first-order valence-electron chi connectivity index (χ1n) is 7.95. The van der Waals surface area contributed by atoms with Crippen LogP contribution in [0.25, 0.3) is 0 Å². The van der Waals surface area contributed by atoms with E-state index < -0.39 is 0 Å². The quantitative estimate of drug-likeness (QED) is 0.757. The van der Waals surface area contributed by atoms with E-state index in [9.17, 15) is 9.59 Å². The third-order valence-corrected chi connectivity index (χ3v) is 3.75. The number of rotatable bonds is 8. The fraction of sp³-hybridized carbons (Fsp3) is 0.278. The molecule has 132 valence electrons. The maximum absolute atomic E-state index is 12.4. The van der Waals surface area contributed by atoms with Gasteiger partial charge in [0.15, 0.2) is 0 Å². The van der Waals surface area contributed by atoms with Gasteiger partial charge >= 0.3 is 0 Å². The summed E-state index contributed by atoms with van der Waals surface area (Å²) in [6, 6.07) is 10.5. The highest BCUT2D eigenvalue weighted by Crippen LogP contribution is 2.13. The molecule has 1 aromatic carbocycles. The van der Waals surface area contributed by atoms with Gasteiger partial charge in [0.2, 0.25) is 11.8 Å². The van der Waals surface area contributed by atoms with Gasteiger partial charge in [0, 0.05) is 42.6 Å². The summed E-state index contributed by atoms with van der Waals surface area (Å²) in [5.74, 6) is -0.353. The van der Waals surface area contributed by atoms with Gasteiger partial charge < -0.3 is 15.5 Å². The minimum absolute atomic E-state index is 0.0277. The molecule has 25 heavy (non-hydrogen) atoms. The number of halogens is 1. The Hall–Kier alpha value is -2.44. The molecule has 0 unspecified atom stereocenters. The minimum Gasteiger partial charge on any atom is -0.329 e. The zero-order chi connectivity index (χ0) is 18.1. The highest BCUT2D eigenvalue weighted by molar-refractivity contribution is 6.30. The topological polar surface area (TPSA) is 74.3 Å². The van der Waals surface area contributed by atoms with E-state index in [4.69, 9.17) is 11.6 Å². The lowest BCUT2D eigenvalue weighted by atomic mass is 10.2. The minimum atomic E-state index is -0.260. The fourth-order valence-corrected chi connectivity index (χ4v) is 2.37. The number of carbonyl (C=O) groups excluding carboxylic acids is 2. The molecule has 0 saturated carbocycles. The monoisotopic (exact) mass is 360 g/mol. The first-order chi connectivity index (χ1) is 12.1. The SMILES string of the molecule is CNCCC(=O)N(CC(=O)Nc1ccc(Cl)cc1)Cc1cccnc1. The van der Waals surface area contributed by atoms with E-state index in [2.05, 4.69) is 15.6 Å². The summed E-state index contributed by atoms with van der Waals surface area (Å²) in [4.78, 5) is 30.3. The predicted molar refractivity (Wildman–Crippen MR) is 98.3 cm³/mol. The van der Waals surface area contributed by atoms with Crippen molar-refractivity contribution in [2.24, 2.45) is 0 Å². The summed E-state index contributed by atoms with van der Waals surface area (Å²) in [5.41, 5.74) is 1.51. The van der Waals surface area contributed by atoms with Gasteiger partial charge in [-0.25, -0.2) is 0 Å². The zero-order valence-corrected chi connectivity index (χ0v) is 14.8. The van der Waals surface area contributed by atoms with Crippen LogP contribution in [0.5, 0.6) is 0 Å². The Morgan fingerprint density at radius 2 is 1.96 bits per heavy atom. The van der Waals surface area contributed by atoms with Crippen LogP contribution >= 0.6 is 11.6 Å². The number of anilines is 1. The molecule has 2 rings (SSSR count). The molecule has 0 bridgehead atoms. The van der Waals surface area contributed by atoms with E-state index in [1.54, 1.807) is 49.8 Å². The summed E-state index contributed by atoms with van der Waals surface area (Å²) in [6.07, 6.45) is 3.68. The second-order valence-electron chi connectivity index (χ2n) is 5.52. The zero-order valence-electron chi connectivity index (χ0n) is 14.0. The van der Waals surface area contributed by atoms with Gasteiger partial charge in [-0.1, -0.05) is 17.7 Å². The number of nitrogens with zero attached hydrogens (tertiary/aromatic N) is 2. The van der Waals surface area contributed by atoms with Crippen LogP contribution in [-0.2, 0) is 16.1 Å². The number of amides is 2. The second kappa shape index (κ2) is 9.76. The third-order valence-electron chi connectivity index (χ3n) is 3.50. The van der Waals surface area contributed by atoms with Crippen molar-refractivity contribution < 1.29 is 9.59 Å². The molecule has 0 aliphatic rings. The number of carbonyl (C=O) groups is 2. The molecule has 0 atom stereocenters. The Labute approximate surface area is 152 Å².